The number of hydrogen-bond acceptors (Lipinski definition) is 4. The van der Waals surface area contributed by atoms with Gasteiger partial charge in [0.15, 0.2) is 11.6 Å². The van der Waals surface area contributed by atoms with E-state index in [1.165, 1.54) is 17.2 Å². The van der Waals surface area contributed by atoms with Gasteiger partial charge < -0.3 is 10.2 Å². The van der Waals surface area contributed by atoms with Crippen LogP contribution in [0.5, 0.6) is 0 Å². The lowest BCUT2D eigenvalue weighted by Gasteiger charge is -2.24. The largest absolute Gasteiger partial charge is 0.327 e. The van der Waals surface area contributed by atoms with Crippen LogP contribution in [0.15, 0.2) is 54.9 Å². The maximum Gasteiger partial charge on any atom is 0.327 e. The molecule has 2 aromatic heterocycles. The number of pyridine rings is 2. The lowest BCUT2D eigenvalue weighted by molar-refractivity contribution is -0.118. The van der Waals surface area contributed by atoms with E-state index in [-0.39, 0.29) is 24.6 Å². The minimum absolute atomic E-state index is 0.00420. The molecule has 1 N–H and O–H groups in total. The highest BCUT2D eigenvalue weighted by atomic mass is 35.5. The number of carbonyl (C=O) groups excluding carboxylic acids is 2. The van der Waals surface area contributed by atoms with Crippen molar-refractivity contribution in [1.29, 1.82) is 0 Å². The van der Waals surface area contributed by atoms with Crippen LogP contribution >= 0.6 is 11.6 Å². The van der Waals surface area contributed by atoms with Crippen LogP contribution in [-0.2, 0) is 4.79 Å². The van der Waals surface area contributed by atoms with Crippen LogP contribution in [-0.4, -0.2) is 35.0 Å². The zero-order chi connectivity index (χ0) is 22.0. The summed E-state index contributed by atoms with van der Waals surface area (Å²) in [7, 11) is 0. The summed E-state index contributed by atoms with van der Waals surface area (Å²) >= 11 is 6.12. The first-order chi connectivity index (χ1) is 15.0. The van der Waals surface area contributed by atoms with E-state index in [4.69, 9.17) is 16.6 Å². The fourth-order valence-corrected chi connectivity index (χ4v) is 3.64. The van der Waals surface area contributed by atoms with Crippen molar-refractivity contribution in [3.8, 4) is 11.3 Å². The second-order valence-electron chi connectivity index (χ2n) is 6.87. The highest BCUT2D eigenvalue weighted by molar-refractivity contribution is 6.30. The molecule has 7 nitrogen and oxygen atoms in total. The molecule has 0 unspecified atom stereocenters. The van der Waals surface area contributed by atoms with Gasteiger partial charge in [-0.1, -0.05) is 23.7 Å². The maximum atomic E-state index is 14.0. The number of rotatable bonds is 3. The van der Waals surface area contributed by atoms with Crippen molar-refractivity contribution in [2.45, 2.75) is 13.3 Å². The van der Waals surface area contributed by atoms with Crippen LogP contribution in [0.4, 0.5) is 26.4 Å². The molecule has 9 heteroatoms. The van der Waals surface area contributed by atoms with E-state index in [0.717, 1.165) is 11.8 Å². The predicted octanol–water partition coefficient (Wildman–Crippen LogP) is 4.73. The Hall–Kier alpha value is -3.52. The van der Waals surface area contributed by atoms with Gasteiger partial charge in [-0.2, -0.15) is 0 Å². The zero-order valence-corrected chi connectivity index (χ0v) is 17.4. The Morgan fingerprint density at radius 2 is 2.10 bits per heavy atom. The van der Waals surface area contributed by atoms with Gasteiger partial charge in [0.05, 0.1) is 23.3 Å². The van der Waals surface area contributed by atoms with E-state index in [1.54, 1.807) is 29.2 Å². The first kappa shape index (κ1) is 20.7. The van der Waals surface area contributed by atoms with Crippen molar-refractivity contribution in [2.24, 2.45) is 0 Å². The van der Waals surface area contributed by atoms with Crippen LogP contribution in [0, 0.1) is 5.82 Å². The van der Waals surface area contributed by atoms with E-state index in [0.29, 0.717) is 28.8 Å². The van der Waals surface area contributed by atoms with Gasteiger partial charge in [0.1, 0.15) is 0 Å². The summed E-state index contributed by atoms with van der Waals surface area (Å²) in [5, 5.41) is 3.10. The number of hydrogen-bond donors (Lipinski definition) is 1. The summed E-state index contributed by atoms with van der Waals surface area (Å²) in [6, 6.07) is 11.5. The minimum Gasteiger partial charge on any atom is -0.309 e. The average molecular weight is 440 g/mol. The van der Waals surface area contributed by atoms with Gasteiger partial charge in [0, 0.05) is 36.3 Å². The van der Waals surface area contributed by atoms with Crippen LogP contribution in [0.25, 0.3) is 11.3 Å². The number of benzene rings is 1. The molecule has 0 fully saturated rings. The molecule has 1 aromatic carbocycles. The Bertz CT molecular complexity index is 1160. The maximum absolute atomic E-state index is 14.0. The molecule has 31 heavy (non-hydrogen) atoms. The average Bonchev–Trinajstić information content (AvgIpc) is 2.90. The molecular formula is C22H19ClFN5O2. The van der Waals surface area contributed by atoms with Gasteiger partial charge in [-0.25, -0.2) is 14.2 Å². The standard InChI is InChI=1S/C22H19ClFN5O2/c1-2-28-19-7-6-17(14-4-3-5-15(23)12-14)26-21(19)29(11-9-20(28)30)22(31)27-18-8-10-25-13-16(18)24/h3-8,10,12-13H,2,9,11H2,1H3,(H,25,27,31). The number of anilines is 3. The second kappa shape index (κ2) is 8.69. The molecule has 4 rings (SSSR count). The number of urea groups is 1. The number of halogens is 2. The summed E-state index contributed by atoms with van der Waals surface area (Å²) in [5.74, 6) is -0.457. The van der Waals surface area contributed by atoms with Gasteiger partial charge >= 0.3 is 6.03 Å². The molecule has 1 aliphatic heterocycles. The van der Waals surface area contributed by atoms with Crippen molar-refractivity contribution in [2.75, 3.05) is 28.2 Å². The van der Waals surface area contributed by atoms with Crippen LogP contribution in [0.1, 0.15) is 13.3 Å². The number of nitrogens with one attached hydrogen (secondary N) is 1. The SMILES string of the molecule is CCN1C(=O)CCN(C(=O)Nc2ccncc2F)c2nc(-c3cccc(Cl)c3)ccc21. The van der Waals surface area contributed by atoms with Crippen molar-refractivity contribution >= 4 is 40.7 Å². The molecule has 0 saturated heterocycles. The Kier molecular flexibility index (Phi) is 5.81. The fraction of sp³-hybridized carbons (Fsp3) is 0.182. The Morgan fingerprint density at radius 3 is 2.84 bits per heavy atom. The normalized spacial score (nSPS) is 13.6. The first-order valence-corrected chi connectivity index (χ1v) is 10.1. The highest BCUT2D eigenvalue weighted by Crippen LogP contribution is 2.34. The molecule has 3 heterocycles. The summed E-state index contributed by atoms with van der Waals surface area (Å²) in [5.41, 5.74) is 1.88. The molecule has 0 spiro atoms. The van der Waals surface area contributed by atoms with Gasteiger partial charge in [0.25, 0.3) is 0 Å². The van der Waals surface area contributed by atoms with Crippen molar-refractivity contribution < 1.29 is 14.0 Å². The molecule has 0 radical (unpaired) electrons. The quantitative estimate of drug-likeness (QED) is 0.639. The Morgan fingerprint density at radius 1 is 1.26 bits per heavy atom. The molecule has 0 bridgehead atoms. The molecule has 158 valence electrons. The molecule has 1 aliphatic rings. The topological polar surface area (TPSA) is 78.4 Å². The van der Waals surface area contributed by atoms with E-state index < -0.39 is 11.8 Å². The third-order valence-corrected chi connectivity index (χ3v) is 5.18. The third-order valence-electron chi connectivity index (χ3n) is 4.95. The van der Waals surface area contributed by atoms with Gasteiger partial charge in [-0.05, 0) is 37.3 Å². The molecule has 0 aliphatic carbocycles. The molecular weight excluding hydrogens is 421 g/mol. The third kappa shape index (κ3) is 4.20. The van der Waals surface area contributed by atoms with Gasteiger partial charge in [0.2, 0.25) is 5.91 Å². The number of amides is 3. The van der Waals surface area contributed by atoms with E-state index in [1.807, 2.05) is 19.1 Å². The number of aromatic nitrogens is 2. The summed E-state index contributed by atoms with van der Waals surface area (Å²) in [6.45, 7) is 2.39. The van der Waals surface area contributed by atoms with E-state index >= 15 is 0 Å². The Balaban J connectivity index is 1.78. The minimum atomic E-state index is -0.655. The lowest BCUT2D eigenvalue weighted by Crippen LogP contribution is -2.36. The summed E-state index contributed by atoms with van der Waals surface area (Å²) in [6.07, 6.45) is 2.51. The number of nitrogens with zero attached hydrogens (tertiary/aromatic N) is 4. The van der Waals surface area contributed by atoms with Crippen molar-refractivity contribution in [3.05, 3.63) is 65.7 Å². The molecule has 0 atom stereocenters. The Labute approximate surface area is 183 Å². The highest BCUT2D eigenvalue weighted by Gasteiger charge is 2.30. The first-order valence-electron chi connectivity index (χ1n) is 9.73. The molecule has 0 saturated carbocycles. The number of carbonyl (C=O) groups is 2. The van der Waals surface area contributed by atoms with Crippen LogP contribution in [0.2, 0.25) is 5.02 Å². The fourth-order valence-electron chi connectivity index (χ4n) is 3.45. The summed E-state index contributed by atoms with van der Waals surface area (Å²) < 4.78 is 14.0. The predicted molar refractivity (Wildman–Crippen MR) is 118 cm³/mol. The van der Waals surface area contributed by atoms with Crippen LogP contribution < -0.4 is 15.1 Å². The van der Waals surface area contributed by atoms with Crippen molar-refractivity contribution in [3.63, 3.8) is 0 Å². The van der Waals surface area contributed by atoms with Gasteiger partial charge in [-0.15, -0.1) is 0 Å². The van der Waals surface area contributed by atoms with E-state index in [9.17, 15) is 14.0 Å². The lowest BCUT2D eigenvalue weighted by atomic mass is 10.1. The summed E-state index contributed by atoms with van der Waals surface area (Å²) in [4.78, 5) is 37.0. The van der Waals surface area contributed by atoms with Crippen LogP contribution in [0.3, 0.4) is 0 Å². The smallest absolute Gasteiger partial charge is 0.309 e. The zero-order valence-electron chi connectivity index (χ0n) is 16.7. The molecule has 3 aromatic rings. The van der Waals surface area contributed by atoms with Crippen molar-refractivity contribution in [1.82, 2.24) is 9.97 Å². The second-order valence-corrected chi connectivity index (χ2v) is 7.31. The monoisotopic (exact) mass is 439 g/mol. The number of fused-ring (bicyclic) bond motifs is 1. The molecule has 3 amide bonds. The van der Waals surface area contributed by atoms with E-state index in [2.05, 4.69) is 10.3 Å². The van der Waals surface area contributed by atoms with Gasteiger partial charge in [-0.3, -0.25) is 14.7 Å².